The lowest BCUT2D eigenvalue weighted by molar-refractivity contribution is 0.0636. The highest BCUT2D eigenvalue weighted by Gasteiger charge is 2.30. The van der Waals surface area contributed by atoms with E-state index in [0.29, 0.717) is 36.2 Å². The second kappa shape index (κ2) is 7.27. The fourth-order valence-electron chi connectivity index (χ4n) is 3.16. The molecule has 1 amide bonds. The number of ketones is 1. The van der Waals surface area contributed by atoms with Gasteiger partial charge in [-0.1, -0.05) is 12.1 Å². The molecule has 1 saturated heterocycles. The summed E-state index contributed by atoms with van der Waals surface area (Å²) in [5.41, 5.74) is 1.15. The van der Waals surface area contributed by atoms with Crippen molar-refractivity contribution in [1.29, 1.82) is 5.26 Å². The molecule has 1 aliphatic heterocycles. The van der Waals surface area contributed by atoms with Gasteiger partial charge in [-0.05, 0) is 49.2 Å². The fourth-order valence-corrected chi connectivity index (χ4v) is 3.16. The van der Waals surface area contributed by atoms with Crippen LogP contribution in [0.25, 0.3) is 0 Å². The zero-order valence-electron chi connectivity index (χ0n) is 13.6. The Kier molecular flexibility index (Phi) is 4.90. The van der Waals surface area contributed by atoms with Crippen molar-refractivity contribution in [3.8, 4) is 6.07 Å². The lowest BCUT2D eigenvalue weighted by Gasteiger charge is -2.32. The topological polar surface area (TPSA) is 61.2 Å². The van der Waals surface area contributed by atoms with Crippen LogP contribution in [0.5, 0.6) is 0 Å². The van der Waals surface area contributed by atoms with E-state index in [2.05, 4.69) is 0 Å². The molecule has 25 heavy (non-hydrogen) atoms. The third-order valence-electron chi connectivity index (χ3n) is 4.49. The van der Waals surface area contributed by atoms with Crippen LogP contribution < -0.4 is 0 Å². The van der Waals surface area contributed by atoms with Gasteiger partial charge in [-0.25, -0.2) is 4.39 Å². The highest BCUT2D eigenvalue weighted by molar-refractivity contribution is 6.00. The van der Waals surface area contributed by atoms with Crippen molar-refractivity contribution in [3.05, 3.63) is 71.0 Å². The molecule has 0 radical (unpaired) electrons. The minimum Gasteiger partial charge on any atom is -0.338 e. The summed E-state index contributed by atoms with van der Waals surface area (Å²) in [5.74, 6) is -0.998. The SMILES string of the molecule is N#Cc1ccccc1C(=O)N1CCCC(C(=O)c2ccc(F)cc2)C1. The number of hydrogen-bond acceptors (Lipinski definition) is 3. The predicted molar refractivity (Wildman–Crippen MR) is 90.5 cm³/mol. The normalized spacial score (nSPS) is 17.0. The van der Waals surface area contributed by atoms with Crippen LogP contribution in [0.4, 0.5) is 4.39 Å². The molecule has 1 aliphatic rings. The average molecular weight is 336 g/mol. The molecule has 3 rings (SSSR count). The Bertz CT molecular complexity index is 840. The monoisotopic (exact) mass is 336 g/mol. The Morgan fingerprint density at radius 2 is 1.84 bits per heavy atom. The van der Waals surface area contributed by atoms with Gasteiger partial charge < -0.3 is 4.90 Å². The molecule has 5 heteroatoms. The number of carbonyl (C=O) groups excluding carboxylic acids is 2. The first kappa shape index (κ1) is 16.8. The van der Waals surface area contributed by atoms with Crippen LogP contribution in [0.1, 0.15) is 39.1 Å². The molecule has 2 aromatic rings. The van der Waals surface area contributed by atoms with Crippen molar-refractivity contribution in [2.75, 3.05) is 13.1 Å². The van der Waals surface area contributed by atoms with E-state index in [1.54, 1.807) is 29.2 Å². The van der Waals surface area contributed by atoms with Crippen molar-refractivity contribution in [3.63, 3.8) is 0 Å². The lowest BCUT2D eigenvalue weighted by Crippen LogP contribution is -2.42. The van der Waals surface area contributed by atoms with Gasteiger partial charge in [0.2, 0.25) is 0 Å². The zero-order chi connectivity index (χ0) is 17.8. The van der Waals surface area contributed by atoms with Gasteiger partial charge >= 0.3 is 0 Å². The summed E-state index contributed by atoms with van der Waals surface area (Å²) in [5, 5.41) is 9.17. The summed E-state index contributed by atoms with van der Waals surface area (Å²) in [7, 11) is 0. The third kappa shape index (κ3) is 3.58. The Hall–Kier alpha value is -3.00. The Morgan fingerprint density at radius 1 is 1.12 bits per heavy atom. The van der Waals surface area contributed by atoms with Gasteiger partial charge in [-0.3, -0.25) is 9.59 Å². The van der Waals surface area contributed by atoms with Crippen molar-refractivity contribution in [2.45, 2.75) is 12.8 Å². The summed E-state index contributed by atoms with van der Waals surface area (Å²) in [6.07, 6.45) is 1.41. The number of likely N-dealkylation sites (tertiary alicyclic amines) is 1. The number of hydrogen-bond donors (Lipinski definition) is 0. The fraction of sp³-hybridized carbons (Fsp3) is 0.250. The van der Waals surface area contributed by atoms with Crippen LogP contribution in [0.2, 0.25) is 0 Å². The first-order valence-corrected chi connectivity index (χ1v) is 8.18. The average Bonchev–Trinajstić information content (AvgIpc) is 2.67. The molecular weight excluding hydrogens is 319 g/mol. The van der Waals surface area contributed by atoms with E-state index in [0.717, 1.165) is 6.42 Å². The number of piperidine rings is 1. The second-order valence-electron chi connectivity index (χ2n) is 6.12. The smallest absolute Gasteiger partial charge is 0.255 e. The van der Waals surface area contributed by atoms with Gasteiger partial charge in [0.1, 0.15) is 5.82 Å². The molecule has 0 bridgehead atoms. The molecule has 1 unspecified atom stereocenters. The minimum atomic E-state index is -0.384. The van der Waals surface area contributed by atoms with E-state index < -0.39 is 0 Å². The summed E-state index contributed by atoms with van der Waals surface area (Å²) in [6, 6.07) is 14.2. The number of nitrogens with zero attached hydrogens (tertiary/aromatic N) is 2. The molecule has 0 saturated carbocycles. The number of Topliss-reactive ketones (excluding diaryl/α,β-unsaturated/α-hetero) is 1. The molecule has 1 fully saturated rings. The van der Waals surface area contributed by atoms with Crippen molar-refractivity contribution in [1.82, 2.24) is 4.90 Å². The van der Waals surface area contributed by atoms with Crippen LogP contribution in [-0.4, -0.2) is 29.7 Å². The van der Waals surface area contributed by atoms with Gasteiger partial charge in [0.25, 0.3) is 5.91 Å². The molecule has 1 heterocycles. The van der Waals surface area contributed by atoms with Crippen molar-refractivity contribution < 1.29 is 14.0 Å². The van der Waals surface area contributed by atoms with Crippen LogP contribution in [0.3, 0.4) is 0 Å². The molecule has 126 valence electrons. The highest BCUT2D eigenvalue weighted by atomic mass is 19.1. The van der Waals surface area contributed by atoms with E-state index in [1.165, 1.54) is 24.3 Å². The van der Waals surface area contributed by atoms with E-state index in [4.69, 9.17) is 0 Å². The first-order chi connectivity index (χ1) is 12.1. The third-order valence-corrected chi connectivity index (χ3v) is 4.49. The lowest BCUT2D eigenvalue weighted by atomic mass is 9.89. The maximum atomic E-state index is 13.0. The summed E-state index contributed by atoms with van der Waals surface area (Å²) < 4.78 is 13.0. The van der Waals surface area contributed by atoms with Crippen LogP contribution in [0.15, 0.2) is 48.5 Å². The Balaban J connectivity index is 1.77. The van der Waals surface area contributed by atoms with Crippen molar-refractivity contribution >= 4 is 11.7 Å². The number of amides is 1. The molecule has 0 spiro atoms. The number of benzene rings is 2. The van der Waals surface area contributed by atoms with E-state index in [-0.39, 0.29) is 23.4 Å². The summed E-state index contributed by atoms with van der Waals surface area (Å²) in [4.78, 5) is 27.0. The molecule has 0 aliphatic carbocycles. The van der Waals surface area contributed by atoms with Gasteiger partial charge in [0.05, 0.1) is 17.2 Å². The molecule has 0 aromatic heterocycles. The zero-order valence-corrected chi connectivity index (χ0v) is 13.6. The van der Waals surface area contributed by atoms with E-state index in [9.17, 15) is 19.2 Å². The first-order valence-electron chi connectivity index (χ1n) is 8.18. The van der Waals surface area contributed by atoms with Crippen molar-refractivity contribution in [2.24, 2.45) is 5.92 Å². The maximum Gasteiger partial charge on any atom is 0.255 e. The summed E-state index contributed by atoms with van der Waals surface area (Å²) in [6.45, 7) is 0.876. The van der Waals surface area contributed by atoms with Crippen LogP contribution in [-0.2, 0) is 0 Å². The minimum absolute atomic E-state index is 0.0777. The second-order valence-corrected chi connectivity index (χ2v) is 6.12. The molecule has 4 nitrogen and oxygen atoms in total. The number of rotatable bonds is 3. The van der Waals surface area contributed by atoms with Crippen LogP contribution in [0, 0.1) is 23.1 Å². The highest BCUT2D eigenvalue weighted by Crippen LogP contribution is 2.23. The standard InChI is InChI=1S/C20H17FN2O2/c21-17-9-7-14(8-10-17)19(24)16-5-3-11-23(13-16)20(25)18-6-2-1-4-15(18)12-22/h1-2,4,6-10,16H,3,5,11,13H2. The Morgan fingerprint density at radius 3 is 2.56 bits per heavy atom. The molecule has 2 aromatic carbocycles. The maximum absolute atomic E-state index is 13.0. The van der Waals surface area contributed by atoms with Crippen LogP contribution >= 0.6 is 0 Å². The van der Waals surface area contributed by atoms with E-state index >= 15 is 0 Å². The number of halogens is 1. The van der Waals surface area contributed by atoms with Gasteiger partial charge in [-0.15, -0.1) is 0 Å². The molecular formula is C20H17FN2O2. The van der Waals surface area contributed by atoms with Gasteiger partial charge in [-0.2, -0.15) is 5.26 Å². The molecule has 1 atom stereocenters. The Labute approximate surface area is 145 Å². The predicted octanol–water partition coefficient (Wildman–Crippen LogP) is 3.43. The number of carbonyl (C=O) groups is 2. The van der Waals surface area contributed by atoms with E-state index in [1.807, 2.05) is 6.07 Å². The number of nitriles is 1. The summed E-state index contributed by atoms with van der Waals surface area (Å²) >= 11 is 0. The van der Waals surface area contributed by atoms with Gasteiger partial charge in [0, 0.05) is 24.6 Å². The molecule has 0 N–H and O–H groups in total. The van der Waals surface area contributed by atoms with Gasteiger partial charge in [0.15, 0.2) is 5.78 Å². The largest absolute Gasteiger partial charge is 0.338 e. The quantitative estimate of drug-likeness (QED) is 0.807.